The van der Waals surface area contributed by atoms with Crippen LogP contribution in [0.1, 0.15) is 58.3 Å². The summed E-state index contributed by atoms with van der Waals surface area (Å²) in [5, 5.41) is 8.58. The van der Waals surface area contributed by atoms with Crippen molar-refractivity contribution >= 4 is 5.97 Å². The van der Waals surface area contributed by atoms with Crippen LogP contribution in [0.2, 0.25) is 0 Å². The van der Waals surface area contributed by atoms with Gasteiger partial charge in [0.25, 0.3) is 0 Å². The van der Waals surface area contributed by atoms with E-state index in [0.29, 0.717) is 5.92 Å². The van der Waals surface area contributed by atoms with E-state index in [1.54, 1.807) is 0 Å². The first-order chi connectivity index (χ1) is 7.58. The number of nitrogens with two attached hydrogens (primary N) is 1. The highest BCUT2D eigenvalue weighted by Crippen LogP contribution is 2.32. The second-order valence-electron chi connectivity index (χ2n) is 5.41. The van der Waals surface area contributed by atoms with Gasteiger partial charge in [0.15, 0.2) is 0 Å². The summed E-state index contributed by atoms with van der Waals surface area (Å²) in [7, 11) is 0. The largest absolute Gasteiger partial charge is 0.481 e. The van der Waals surface area contributed by atoms with Crippen LogP contribution in [-0.4, -0.2) is 17.1 Å². The topological polar surface area (TPSA) is 63.3 Å². The summed E-state index contributed by atoms with van der Waals surface area (Å²) in [6.07, 6.45) is 8.92. The molecule has 1 rings (SSSR count). The molecule has 0 aliphatic heterocycles. The number of hydrogen-bond acceptors (Lipinski definition) is 2. The van der Waals surface area contributed by atoms with Crippen LogP contribution < -0.4 is 5.73 Å². The van der Waals surface area contributed by atoms with Crippen LogP contribution in [0.5, 0.6) is 0 Å². The second kappa shape index (κ2) is 6.89. The maximum atomic E-state index is 10.4. The number of aliphatic carboxylic acids is 1. The quantitative estimate of drug-likeness (QED) is 0.670. The molecule has 3 heteroatoms. The molecule has 0 aromatic rings. The maximum Gasteiger partial charge on any atom is 0.304 e. The zero-order valence-corrected chi connectivity index (χ0v) is 10.3. The predicted octanol–water partition coefficient (Wildman–Crippen LogP) is 2.79. The minimum atomic E-state index is -0.783. The normalized spacial score (nSPS) is 20.1. The van der Waals surface area contributed by atoms with E-state index in [1.807, 2.05) is 0 Å². The van der Waals surface area contributed by atoms with Gasteiger partial charge in [0.2, 0.25) is 0 Å². The first-order valence-electron chi connectivity index (χ1n) is 6.55. The molecule has 1 aliphatic rings. The zero-order chi connectivity index (χ0) is 12.0. The van der Waals surface area contributed by atoms with Gasteiger partial charge in [0, 0.05) is 6.04 Å². The third-order valence-electron chi connectivity index (χ3n) is 3.76. The first-order valence-corrected chi connectivity index (χ1v) is 6.55. The molecular formula is C13H25NO2. The van der Waals surface area contributed by atoms with E-state index in [4.69, 9.17) is 10.8 Å². The molecule has 0 aromatic carbocycles. The van der Waals surface area contributed by atoms with Gasteiger partial charge in [0.05, 0.1) is 6.42 Å². The van der Waals surface area contributed by atoms with Crippen LogP contribution >= 0.6 is 0 Å². The summed E-state index contributed by atoms with van der Waals surface area (Å²) in [6.45, 7) is 2.26. The third kappa shape index (κ3) is 5.50. The Balaban J connectivity index is 1.99. The molecule has 3 nitrogen and oxygen atoms in total. The molecule has 3 N–H and O–H groups in total. The van der Waals surface area contributed by atoms with Crippen LogP contribution in [0, 0.1) is 11.8 Å². The SMILES string of the molecule is C[C@@H](CCC1CCC1)CC[C@H](N)CC(=O)O. The highest BCUT2D eigenvalue weighted by Gasteiger charge is 2.18. The Morgan fingerprint density at radius 3 is 2.56 bits per heavy atom. The monoisotopic (exact) mass is 227 g/mol. The van der Waals surface area contributed by atoms with Crippen LogP contribution in [0.3, 0.4) is 0 Å². The molecule has 0 bridgehead atoms. The van der Waals surface area contributed by atoms with Crippen molar-refractivity contribution in [2.45, 2.75) is 64.3 Å². The number of carbonyl (C=O) groups is 1. The Morgan fingerprint density at radius 2 is 2.06 bits per heavy atom. The molecule has 0 radical (unpaired) electrons. The van der Waals surface area contributed by atoms with Crippen molar-refractivity contribution in [2.75, 3.05) is 0 Å². The molecule has 2 atom stereocenters. The van der Waals surface area contributed by atoms with E-state index in [-0.39, 0.29) is 12.5 Å². The minimum absolute atomic E-state index is 0.106. The Bertz CT molecular complexity index is 214. The predicted molar refractivity (Wildman–Crippen MR) is 65.2 cm³/mol. The van der Waals surface area contributed by atoms with E-state index in [1.165, 1.54) is 32.1 Å². The van der Waals surface area contributed by atoms with Crippen molar-refractivity contribution < 1.29 is 9.90 Å². The lowest BCUT2D eigenvalue weighted by molar-refractivity contribution is -0.137. The van der Waals surface area contributed by atoms with Crippen molar-refractivity contribution in [3.63, 3.8) is 0 Å². The van der Waals surface area contributed by atoms with E-state index in [0.717, 1.165) is 18.8 Å². The summed E-state index contributed by atoms with van der Waals surface area (Å²) in [5.74, 6) is 0.894. The Hall–Kier alpha value is -0.570. The Kier molecular flexibility index (Phi) is 5.81. The number of rotatable bonds is 8. The molecule has 0 aromatic heterocycles. The molecule has 1 fully saturated rings. The van der Waals surface area contributed by atoms with Crippen LogP contribution in [0.15, 0.2) is 0 Å². The molecule has 94 valence electrons. The fourth-order valence-electron chi connectivity index (χ4n) is 2.27. The standard InChI is InChI=1S/C13H25NO2/c1-10(5-7-11-3-2-4-11)6-8-12(14)9-13(15)16/h10-12H,2-9,14H2,1H3,(H,15,16)/t10-,12-/m0/s1. The van der Waals surface area contributed by atoms with Crippen molar-refractivity contribution in [3.8, 4) is 0 Å². The number of carboxylic acid groups (broad SMARTS) is 1. The van der Waals surface area contributed by atoms with Gasteiger partial charge in [-0.25, -0.2) is 0 Å². The summed E-state index contributed by atoms with van der Waals surface area (Å²) in [5.41, 5.74) is 5.74. The van der Waals surface area contributed by atoms with E-state index in [9.17, 15) is 4.79 Å². The molecule has 0 spiro atoms. The summed E-state index contributed by atoms with van der Waals surface area (Å²) >= 11 is 0. The number of carboxylic acids is 1. The smallest absolute Gasteiger partial charge is 0.304 e. The first kappa shape index (κ1) is 13.5. The lowest BCUT2D eigenvalue weighted by Gasteiger charge is -2.26. The average Bonchev–Trinajstić information content (AvgIpc) is 2.11. The van der Waals surface area contributed by atoms with Crippen molar-refractivity contribution in [1.82, 2.24) is 0 Å². The lowest BCUT2D eigenvalue weighted by Crippen LogP contribution is -2.24. The molecule has 16 heavy (non-hydrogen) atoms. The van der Waals surface area contributed by atoms with Gasteiger partial charge < -0.3 is 10.8 Å². The van der Waals surface area contributed by atoms with Crippen LogP contribution in [0.4, 0.5) is 0 Å². The highest BCUT2D eigenvalue weighted by atomic mass is 16.4. The highest BCUT2D eigenvalue weighted by molar-refractivity contribution is 5.67. The van der Waals surface area contributed by atoms with Crippen LogP contribution in [-0.2, 0) is 4.79 Å². The summed E-state index contributed by atoms with van der Waals surface area (Å²) in [6, 6.07) is -0.163. The van der Waals surface area contributed by atoms with Gasteiger partial charge in [-0.2, -0.15) is 0 Å². The van der Waals surface area contributed by atoms with E-state index < -0.39 is 5.97 Å². The lowest BCUT2D eigenvalue weighted by atomic mass is 9.80. The van der Waals surface area contributed by atoms with Crippen LogP contribution in [0.25, 0.3) is 0 Å². The molecule has 1 aliphatic carbocycles. The van der Waals surface area contributed by atoms with E-state index in [2.05, 4.69) is 6.92 Å². The molecule has 0 heterocycles. The third-order valence-corrected chi connectivity index (χ3v) is 3.76. The summed E-state index contributed by atoms with van der Waals surface area (Å²) in [4.78, 5) is 10.4. The summed E-state index contributed by atoms with van der Waals surface area (Å²) < 4.78 is 0. The zero-order valence-electron chi connectivity index (χ0n) is 10.3. The van der Waals surface area contributed by atoms with Crippen molar-refractivity contribution in [2.24, 2.45) is 17.6 Å². The van der Waals surface area contributed by atoms with Gasteiger partial charge in [-0.05, 0) is 24.7 Å². The second-order valence-corrected chi connectivity index (χ2v) is 5.41. The van der Waals surface area contributed by atoms with Gasteiger partial charge >= 0.3 is 5.97 Å². The average molecular weight is 227 g/mol. The Morgan fingerprint density at radius 1 is 1.38 bits per heavy atom. The maximum absolute atomic E-state index is 10.4. The van der Waals surface area contributed by atoms with Gasteiger partial charge in [-0.1, -0.05) is 39.0 Å². The van der Waals surface area contributed by atoms with Gasteiger partial charge in [-0.15, -0.1) is 0 Å². The fraction of sp³-hybridized carbons (Fsp3) is 0.923. The molecule has 0 unspecified atom stereocenters. The number of hydrogen-bond donors (Lipinski definition) is 2. The van der Waals surface area contributed by atoms with Gasteiger partial charge in [0.1, 0.15) is 0 Å². The molecule has 0 saturated heterocycles. The van der Waals surface area contributed by atoms with Crippen molar-refractivity contribution in [1.29, 1.82) is 0 Å². The minimum Gasteiger partial charge on any atom is -0.481 e. The molecular weight excluding hydrogens is 202 g/mol. The van der Waals surface area contributed by atoms with Crippen molar-refractivity contribution in [3.05, 3.63) is 0 Å². The Labute approximate surface area is 98.4 Å². The fourth-order valence-corrected chi connectivity index (χ4v) is 2.27. The molecule has 1 saturated carbocycles. The van der Waals surface area contributed by atoms with E-state index >= 15 is 0 Å². The van der Waals surface area contributed by atoms with Gasteiger partial charge in [-0.3, -0.25) is 4.79 Å². The molecule has 0 amide bonds.